The summed E-state index contributed by atoms with van der Waals surface area (Å²) in [4.78, 5) is 0.168. The minimum atomic E-state index is -3.84. The van der Waals surface area contributed by atoms with Crippen molar-refractivity contribution in [2.45, 2.75) is 24.3 Å². The number of sulfone groups is 1. The Balaban J connectivity index is 2.09. The van der Waals surface area contributed by atoms with E-state index < -0.39 is 25.9 Å². The van der Waals surface area contributed by atoms with Crippen LogP contribution < -0.4 is 4.31 Å². The van der Waals surface area contributed by atoms with Crippen LogP contribution in [0.4, 0.5) is 5.69 Å². The first kappa shape index (κ1) is 17.0. The Morgan fingerprint density at radius 1 is 1.00 bits per heavy atom. The van der Waals surface area contributed by atoms with Crippen LogP contribution in [0.3, 0.4) is 0 Å². The van der Waals surface area contributed by atoms with E-state index in [9.17, 15) is 16.8 Å². The zero-order valence-corrected chi connectivity index (χ0v) is 14.9. The van der Waals surface area contributed by atoms with Gasteiger partial charge in [-0.05, 0) is 37.6 Å². The second-order valence-electron chi connectivity index (χ2n) is 6.01. The van der Waals surface area contributed by atoms with Crippen molar-refractivity contribution in [3.63, 3.8) is 0 Å². The van der Waals surface area contributed by atoms with Crippen molar-refractivity contribution in [2.24, 2.45) is 0 Å². The average Bonchev–Trinajstić information content (AvgIpc) is 2.88. The molecule has 7 heteroatoms. The first-order chi connectivity index (χ1) is 11.3. The standard InChI is InChI=1S/C17H19NO4S2/c1-14-7-9-17(10-8-14)24(21,22)18(15-5-3-2-4-6-15)16-11-12-23(19,20)13-16/h2-10,16H,11-13H2,1H3/t16-/m1/s1. The summed E-state index contributed by atoms with van der Waals surface area (Å²) >= 11 is 0. The van der Waals surface area contributed by atoms with Gasteiger partial charge in [0, 0.05) is 0 Å². The molecule has 1 fully saturated rings. The van der Waals surface area contributed by atoms with E-state index in [0.29, 0.717) is 12.1 Å². The molecule has 2 aromatic rings. The van der Waals surface area contributed by atoms with Crippen molar-refractivity contribution in [3.05, 3.63) is 60.2 Å². The summed E-state index contributed by atoms with van der Waals surface area (Å²) in [5.41, 5.74) is 1.45. The molecule has 128 valence electrons. The molecular formula is C17H19NO4S2. The lowest BCUT2D eigenvalue weighted by molar-refractivity contribution is 0.580. The molecule has 3 rings (SSSR count). The van der Waals surface area contributed by atoms with Gasteiger partial charge in [0.25, 0.3) is 10.0 Å². The Morgan fingerprint density at radius 2 is 1.62 bits per heavy atom. The predicted molar refractivity (Wildman–Crippen MR) is 94.3 cm³/mol. The van der Waals surface area contributed by atoms with Crippen molar-refractivity contribution >= 4 is 25.5 Å². The molecule has 1 aliphatic rings. The first-order valence-electron chi connectivity index (χ1n) is 7.66. The molecule has 1 atom stereocenters. The van der Waals surface area contributed by atoms with E-state index in [-0.39, 0.29) is 16.4 Å². The van der Waals surface area contributed by atoms with Crippen molar-refractivity contribution in [3.8, 4) is 0 Å². The molecule has 1 saturated heterocycles. The van der Waals surface area contributed by atoms with Crippen LogP contribution in [0.2, 0.25) is 0 Å². The quantitative estimate of drug-likeness (QED) is 0.834. The van der Waals surface area contributed by atoms with Crippen LogP contribution in [0.1, 0.15) is 12.0 Å². The average molecular weight is 365 g/mol. The number of sulfonamides is 1. The fraction of sp³-hybridized carbons (Fsp3) is 0.294. The summed E-state index contributed by atoms with van der Waals surface area (Å²) in [6.45, 7) is 1.88. The molecule has 0 aliphatic carbocycles. The minimum absolute atomic E-state index is 0.0183. The number of aryl methyl sites for hydroxylation is 1. The summed E-state index contributed by atoms with van der Waals surface area (Å²) in [7, 11) is -7.04. The lowest BCUT2D eigenvalue weighted by Crippen LogP contribution is -2.41. The Morgan fingerprint density at radius 3 is 2.17 bits per heavy atom. The van der Waals surface area contributed by atoms with Gasteiger partial charge in [0.05, 0.1) is 28.1 Å². The van der Waals surface area contributed by atoms with Crippen molar-refractivity contribution in [1.29, 1.82) is 0 Å². The molecule has 0 radical (unpaired) electrons. The topological polar surface area (TPSA) is 71.5 Å². The van der Waals surface area contributed by atoms with Gasteiger partial charge in [0.1, 0.15) is 0 Å². The van der Waals surface area contributed by atoms with Gasteiger partial charge in [-0.1, -0.05) is 35.9 Å². The van der Waals surface area contributed by atoms with Gasteiger partial charge in [0.15, 0.2) is 9.84 Å². The smallest absolute Gasteiger partial charge is 0.262 e. The van der Waals surface area contributed by atoms with E-state index in [4.69, 9.17) is 0 Å². The summed E-state index contributed by atoms with van der Waals surface area (Å²) in [5.74, 6) is -0.128. The van der Waals surface area contributed by atoms with Crippen LogP contribution in [-0.2, 0) is 19.9 Å². The number of para-hydroxylation sites is 1. The van der Waals surface area contributed by atoms with Crippen LogP contribution in [-0.4, -0.2) is 34.4 Å². The summed E-state index contributed by atoms with van der Waals surface area (Å²) in [5, 5.41) is 0. The number of rotatable bonds is 4. The van der Waals surface area contributed by atoms with Gasteiger partial charge in [-0.15, -0.1) is 0 Å². The second kappa shape index (κ2) is 6.22. The normalized spacial score (nSPS) is 20.0. The second-order valence-corrected chi connectivity index (χ2v) is 10.0. The van der Waals surface area contributed by atoms with Crippen LogP contribution in [0.15, 0.2) is 59.5 Å². The van der Waals surface area contributed by atoms with E-state index in [1.54, 1.807) is 54.6 Å². The molecule has 1 aliphatic heterocycles. The SMILES string of the molecule is Cc1ccc(S(=O)(=O)N(c2ccccc2)[C@@H]2CCS(=O)(=O)C2)cc1. The van der Waals surface area contributed by atoms with E-state index in [2.05, 4.69) is 0 Å². The Hall–Kier alpha value is -1.86. The molecule has 1 heterocycles. The maximum atomic E-state index is 13.2. The third-order valence-electron chi connectivity index (χ3n) is 4.13. The molecule has 24 heavy (non-hydrogen) atoms. The Labute approximate surface area is 142 Å². The molecule has 5 nitrogen and oxygen atoms in total. The number of benzene rings is 2. The lowest BCUT2D eigenvalue weighted by Gasteiger charge is -2.29. The maximum Gasteiger partial charge on any atom is 0.264 e. The van der Waals surface area contributed by atoms with Crippen LogP contribution >= 0.6 is 0 Å². The molecule has 0 bridgehead atoms. The third kappa shape index (κ3) is 3.32. The highest BCUT2D eigenvalue weighted by atomic mass is 32.2. The largest absolute Gasteiger partial charge is 0.264 e. The fourth-order valence-electron chi connectivity index (χ4n) is 2.90. The van der Waals surface area contributed by atoms with Crippen molar-refractivity contribution in [1.82, 2.24) is 0 Å². The molecule has 0 amide bonds. The van der Waals surface area contributed by atoms with E-state index in [1.807, 2.05) is 6.92 Å². The van der Waals surface area contributed by atoms with Crippen molar-refractivity contribution in [2.75, 3.05) is 15.8 Å². The van der Waals surface area contributed by atoms with Crippen LogP contribution in [0, 0.1) is 6.92 Å². The molecular weight excluding hydrogens is 346 g/mol. The molecule has 0 N–H and O–H groups in total. The van der Waals surface area contributed by atoms with Crippen LogP contribution in [0.25, 0.3) is 0 Å². The number of nitrogens with zero attached hydrogens (tertiary/aromatic N) is 1. The third-order valence-corrected chi connectivity index (χ3v) is 7.77. The van der Waals surface area contributed by atoms with E-state index in [1.165, 1.54) is 4.31 Å². The molecule has 2 aromatic carbocycles. The summed E-state index contributed by atoms with van der Waals surface area (Å²) < 4.78 is 51.3. The first-order valence-corrected chi connectivity index (χ1v) is 10.9. The molecule has 0 saturated carbocycles. The zero-order valence-electron chi connectivity index (χ0n) is 13.3. The van der Waals surface area contributed by atoms with Gasteiger partial charge in [-0.25, -0.2) is 16.8 Å². The number of hydrogen-bond donors (Lipinski definition) is 0. The summed E-state index contributed by atoms with van der Waals surface area (Å²) in [6, 6.07) is 14.7. The van der Waals surface area contributed by atoms with E-state index >= 15 is 0 Å². The number of hydrogen-bond acceptors (Lipinski definition) is 4. The van der Waals surface area contributed by atoms with Gasteiger partial charge >= 0.3 is 0 Å². The Bertz CT molecular complexity index is 920. The molecule has 0 unspecified atom stereocenters. The van der Waals surface area contributed by atoms with Gasteiger partial charge in [-0.2, -0.15) is 0 Å². The Kier molecular flexibility index (Phi) is 4.40. The van der Waals surface area contributed by atoms with Gasteiger partial charge < -0.3 is 0 Å². The minimum Gasteiger partial charge on any atom is -0.262 e. The predicted octanol–water partition coefficient (Wildman–Crippen LogP) is 2.38. The highest BCUT2D eigenvalue weighted by Gasteiger charge is 2.38. The van der Waals surface area contributed by atoms with Crippen LogP contribution in [0.5, 0.6) is 0 Å². The number of anilines is 1. The lowest BCUT2D eigenvalue weighted by atomic mass is 10.2. The van der Waals surface area contributed by atoms with Gasteiger partial charge in [-0.3, -0.25) is 4.31 Å². The highest BCUT2D eigenvalue weighted by molar-refractivity contribution is 7.93. The van der Waals surface area contributed by atoms with E-state index in [0.717, 1.165) is 5.56 Å². The molecule has 0 spiro atoms. The molecule has 0 aromatic heterocycles. The van der Waals surface area contributed by atoms with Gasteiger partial charge in [0.2, 0.25) is 0 Å². The summed E-state index contributed by atoms with van der Waals surface area (Å²) in [6.07, 6.45) is 0.308. The maximum absolute atomic E-state index is 13.2. The van der Waals surface area contributed by atoms with Crippen molar-refractivity contribution < 1.29 is 16.8 Å². The zero-order chi connectivity index (χ0) is 17.4. The monoisotopic (exact) mass is 365 g/mol. The highest BCUT2D eigenvalue weighted by Crippen LogP contribution is 2.30. The fourth-order valence-corrected chi connectivity index (χ4v) is 6.38.